The van der Waals surface area contributed by atoms with E-state index in [2.05, 4.69) is 4.74 Å². The Bertz CT molecular complexity index is 456. The molecule has 0 atom stereocenters. The maximum absolute atomic E-state index is 11.6. The van der Waals surface area contributed by atoms with Gasteiger partial charge in [0.2, 0.25) is 0 Å². The van der Waals surface area contributed by atoms with Crippen molar-refractivity contribution in [2.24, 2.45) is 0 Å². The average Bonchev–Trinajstić information content (AvgIpc) is 2.32. The maximum Gasteiger partial charge on any atom is 0.341 e. The van der Waals surface area contributed by atoms with Crippen LogP contribution in [0.5, 0.6) is 5.75 Å². The van der Waals surface area contributed by atoms with Crippen LogP contribution in [0.25, 0.3) is 0 Å². The zero-order valence-corrected chi connectivity index (χ0v) is 11.4. The number of benzene rings is 1. The highest BCUT2D eigenvalue weighted by molar-refractivity contribution is 6.33. The fourth-order valence-electron chi connectivity index (χ4n) is 1.85. The molecule has 0 unspecified atom stereocenters. The van der Waals surface area contributed by atoms with Crippen LogP contribution in [-0.4, -0.2) is 24.1 Å². The molecule has 0 heterocycles. The Hall–Kier alpha value is -0.930. The van der Waals surface area contributed by atoms with E-state index in [1.807, 2.05) is 0 Å². The molecular formula is C12H14Cl2O3. The van der Waals surface area contributed by atoms with Crippen molar-refractivity contribution in [1.82, 2.24) is 0 Å². The van der Waals surface area contributed by atoms with Crippen molar-refractivity contribution >= 4 is 29.2 Å². The topological polar surface area (TPSA) is 46.5 Å². The van der Waals surface area contributed by atoms with E-state index in [9.17, 15) is 9.90 Å². The zero-order valence-electron chi connectivity index (χ0n) is 9.93. The van der Waals surface area contributed by atoms with Crippen LogP contribution in [-0.2, 0) is 11.2 Å². The summed E-state index contributed by atoms with van der Waals surface area (Å²) in [7, 11) is 1.26. The highest BCUT2D eigenvalue weighted by Crippen LogP contribution is 2.37. The van der Waals surface area contributed by atoms with Gasteiger partial charge < -0.3 is 9.84 Å². The lowest BCUT2D eigenvalue weighted by atomic mass is 9.94. The number of hydrogen-bond acceptors (Lipinski definition) is 3. The molecule has 94 valence electrons. The summed E-state index contributed by atoms with van der Waals surface area (Å²) in [5.41, 5.74) is 2.40. The molecule has 0 aromatic heterocycles. The lowest BCUT2D eigenvalue weighted by molar-refractivity contribution is 0.0596. The van der Waals surface area contributed by atoms with Crippen LogP contribution in [0.1, 0.15) is 27.0 Å². The molecule has 0 fully saturated rings. The van der Waals surface area contributed by atoms with Crippen molar-refractivity contribution in [1.29, 1.82) is 0 Å². The molecule has 0 saturated heterocycles. The normalized spacial score (nSPS) is 10.4. The summed E-state index contributed by atoms with van der Waals surface area (Å²) in [5.74, 6) is -0.409. The lowest BCUT2D eigenvalue weighted by Crippen LogP contribution is -2.09. The monoisotopic (exact) mass is 276 g/mol. The van der Waals surface area contributed by atoms with E-state index in [1.54, 1.807) is 13.8 Å². The summed E-state index contributed by atoms with van der Waals surface area (Å²) >= 11 is 11.7. The van der Waals surface area contributed by atoms with Gasteiger partial charge in [0.15, 0.2) is 0 Å². The van der Waals surface area contributed by atoms with Gasteiger partial charge in [-0.15, -0.1) is 11.6 Å². The molecule has 0 aliphatic heterocycles. The summed E-state index contributed by atoms with van der Waals surface area (Å²) in [6.07, 6.45) is 0.587. The Kier molecular flexibility index (Phi) is 4.66. The Balaban J connectivity index is 3.55. The minimum Gasteiger partial charge on any atom is -0.505 e. The third-order valence-electron chi connectivity index (χ3n) is 2.79. The van der Waals surface area contributed by atoms with Gasteiger partial charge >= 0.3 is 5.97 Å². The molecule has 1 rings (SSSR count). The van der Waals surface area contributed by atoms with Gasteiger partial charge in [0, 0.05) is 5.88 Å². The number of ether oxygens (including phenoxy) is 1. The van der Waals surface area contributed by atoms with Gasteiger partial charge in [-0.1, -0.05) is 11.6 Å². The molecule has 0 bridgehead atoms. The highest BCUT2D eigenvalue weighted by Gasteiger charge is 2.23. The molecule has 0 saturated carbocycles. The molecule has 0 radical (unpaired) electrons. The Morgan fingerprint density at radius 2 is 1.94 bits per heavy atom. The number of esters is 1. The lowest BCUT2D eigenvalue weighted by Gasteiger charge is -2.16. The molecule has 0 amide bonds. The van der Waals surface area contributed by atoms with Gasteiger partial charge in [0.25, 0.3) is 0 Å². The third kappa shape index (κ3) is 2.50. The molecule has 1 aromatic carbocycles. The smallest absolute Gasteiger partial charge is 0.341 e. The number of alkyl halides is 1. The zero-order chi connectivity index (χ0) is 13.2. The standard InChI is InChI=1S/C12H14Cl2O3/c1-6-8(4-5-13)7(2)10(14)11(15)9(6)12(16)17-3/h15H,4-5H2,1-3H3. The maximum atomic E-state index is 11.6. The first-order chi connectivity index (χ1) is 7.95. The number of phenolic OH excluding ortho intramolecular Hbond substituents is 1. The second-order valence-corrected chi connectivity index (χ2v) is 4.45. The van der Waals surface area contributed by atoms with E-state index in [0.29, 0.717) is 17.9 Å². The van der Waals surface area contributed by atoms with Gasteiger partial charge in [-0.25, -0.2) is 4.79 Å². The quantitative estimate of drug-likeness (QED) is 0.681. The van der Waals surface area contributed by atoms with Crippen molar-refractivity contribution in [3.63, 3.8) is 0 Å². The van der Waals surface area contributed by atoms with Gasteiger partial charge in [-0.05, 0) is 37.0 Å². The van der Waals surface area contributed by atoms with E-state index < -0.39 is 5.97 Å². The van der Waals surface area contributed by atoms with Gasteiger partial charge in [-0.3, -0.25) is 0 Å². The predicted molar refractivity (Wildman–Crippen MR) is 68.4 cm³/mol. The summed E-state index contributed by atoms with van der Waals surface area (Å²) < 4.78 is 4.64. The number of carbonyl (C=O) groups excluding carboxylic acids is 1. The van der Waals surface area contributed by atoms with Crippen molar-refractivity contribution in [2.75, 3.05) is 13.0 Å². The largest absolute Gasteiger partial charge is 0.505 e. The van der Waals surface area contributed by atoms with Crippen molar-refractivity contribution < 1.29 is 14.6 Å². The fourth-order valence-corrected chi connectivity index (χ4v) is 2.25. The van der Waals surface area contributed by atoms with Crippen LogP contribution in [0.3, 0.4) is 0 Å². The van der Waals surface area contributed by atoms with Crippen molar-refractivity contribution in [3.8, 4) is 5.75 Å². The summed E-state index contributed by atoms with van der Waals surface area (Å²) in [6, 6.07) is 0. The summed E-state index contributed by atoms with van der Waals surface area (Å²) in [4.78, 5) is 11.6. The Morgan fingerprint density at radius 1 is 1.35 bits per heavy atom. The Labute approximate surface area is 110 Å². The Morgan fingerprint density at radius 3 is 2.41 bits per heavy atom. The number of carbonyl (C=O) groups is 1. The van der Waals surface area contributed by atoms with Crippen LogP contribution in [0.4, 0.5) is 0 Å². The van der Waals surface area contributed by atoms with Crippen LogP contribution >= 0.6 is 23.2 Å². The second-order valence-electron chi connectivity index (χ2n) is 3.70. The third-order valence-corrected chi connectivity index (χ3v) is 3.44. The molecule has 17 heavy (non-hydrogen) atoms. The number of hydrogen-bond donors (Lipinski definition) is 1. The van der Waals surface area contributed by atoms with Crippen LogP contribution in [0.2, 0.25) is 5.02 Å². The van der Waals surface area contributed by atoms with E-state index in [1.165, 1.54) is 7.11 Å². The number of aromatic hydroxyl groups is 1. The summed E-state index contributed by atoms with van der Waals surface area (Å²) in [5, 5.41) is 10.1. The molecule has 0 aliphatic carbocycles. The molecule has 0 spiro atoms. The van der Waals surface area contributed by atoms with Gasteiger partial charge in [-0.2, -0.15) is 0 Å². The van der Waals surface area contributed by atoms with E-state index in [0.717, 1.165) is 11.1 Å². The van der Waals surface area contributed by atoms with Crippen LogP contribution < -0.4 is 0 Å². The number of rotatable bonds is 3. The first-order valence-electron chi connectivity index (χ1n) is 5.10. The van der Waals surface area contributed by atoms with Gasteiger partial charge in [0.1, 0.15) is 11.3 Å². The summed E-state index contributed by atoms with van der Waals surface area (Å²) in [6.45, 7) is 3.54. The van der Waals surface area contributed by atoms with E-state index >= 15 is 0 Å². The molecule has 1 aromatic rings. The van der Waals surface area contributed by atoms with Crippen LogP contribution in [0.15, 0.2) is 0 Å². The van der Waals surface area contributed by atoms with Gasteiger partial charge in [0.05, 0.1) is 12.1 Å². The van der Waals surface area contributed by atoms with Crippen molar-refractivity contribution in [3.05, 3.63) is 27.3 Å². The van der Waals surface area contributed by atoms with Crippen molar-refractivity contribution in [2.45, 2.75) is 20.3 Å². The molecular weight excluding hydrogens is 263 g/mol. The molecule has 1 N–H and O–H groups in total. The molecule has 3 nitrogen and oxygen atoms in total. The minimum absolute atomic E-state index is 0.114. The first kappa shape index (κ1) is 14.1. The predicted octanol–water partition coefficient (Wildman–Crippen LogP) is 3.23. The number of methoxy groups -OCH3 is 1. The number of halogens is 2. The van der Waals surface area contributed by atoms with Crippen LogP contribution in [0, 0.1) is 13.8 Å². The number of phenols is 1. The molecule has 5 heteroatoms. The molecule has 0 aliphatic rings. The highest BCUT2D eigenvalue weighted by atomic mass is 35.5. The fraction of sp³-hybridized carbons (Fsp3) is 0.417. The SMILES string of the molecule is COC(=O)c1c(C)c(CCCl)c(C)c(Cl)c1O. The second kappa shape index (κ2) is 5.61. The first-order valence-corrected chi connectivity index (χ1v) is 6.01. The average molecular weight is 277 g/mol. The van der Waals surface area contributed by atoms with E-state index in [4.69, 9.17) is 23.2 Å². The van der Waals surface area contributed by atoms with E-state index in [-0.39, 0.29) is 16.3 Å². The minimum atomic E-state index is -0.599.